The number of rotatable bonds is 12. The molecule has 0 unspecified atom stereocenters. The topological polar surface area (TPSA) is 84.9 Å². The zero-order chi connectivity index (χ0) is 25.3. The summed E-state index contributed by atoms with van der Waals surface area (Å²) in [5.74, 6) is 0.364. The Balaban J connectivity index is 1.69. The van der Waals surface area contributed by atoms with E-state index >= 15 is 0 Å². The number of hydrogen-bond donors (Lipinski definition) is 1. The van der Waals surface area contributed by atoms with E-state index in [4.69, 9.17) is 9.47 Å². The van der Waals surface area contributed by atoms with E-state index < -0.39 is 28.3 Å². The molecular weight excluding hydrogens is 471 g/mol. The van der Waals surface area contributed by atoms with Crippen molar-refractivity contribution in [3.8, 4) is 11.5 Å². The van der Waals surface area contributed by atoms with Gasteiger partial charge in [-0.25, -0.2) is 12.8 Å². The van der Waals surface area contributed by atoms with E-state index in [1.807, 2.05) is 31.2 Å². The number of amides is 1. The van der Waals surface area contributed by atoms with Crippen LogP contribution >= 0.6 is 0 Å². The molecule has 3 rings (SSSR count). The lowest BCUT2D eigenvalue weighted by Gasteiger charge is -2.24. The summed E-state index contributed by atoms with van der Waals surface area (Å²) in [5.41, 5.74) is 1.40. The molecule has 0 aliphatic rings. The molecule has 0 spiro atoms. The molecule has 9 heteroatoms. The summed E-state index contributed by atoms with van der Waals surface area (Å²) in [4.78, 5) is 12.6. The number of ether oxygens (including phenoxy) is 2. The van der Waals surface area contributed by atoms with E-state index in [1.165, 1.54) is 12.1 Å². The van der Waals surface area contributed by atoms with Crippen LogP contribution in [0.5, 0.6) is 11.5 Å². The molecule has 3 aromatic rings. The van der Waals surface area contributed by atoms with E-state index in [0.29, 0.717) is 31.0 Å². The van der Waals surface area contributed by atoms with Gasteiger partial charge in [0.1, 0.15) is 23.9 Å². The summed E-state index contributed by atoms with van der Waals surface area (Å²) in [6.07, 6.45) is 1.44. The van der Waals surface area contributed by atoms with Crippen LogP contribution in [0, 0.1) is 5.82 Å². The fourth-order valence-electron chi connectivity index (χ4n) is 3.42. The Hall–Kier alpha value is -3.59. The molecule has 0 saturated carbocycles. The first kappa shape index (κ1) is 26.0. The molecule has 1 amide bonds. The fraction of sp³-hybridized carbons (Fsp3) is 0.269. The number of carbonyl (C=O) groups is 1. The van der Waals surface area contributed by atoms with Crippen LogP contribution in [0.15, 0.2) is 77.7 Å². The standard InChI is InChI=1S/C26H29FN2O5S/c1-3-34-24-14-10-22(11-15-24)29(35(31,32)25-16-8-21(27)9-17-25)19-26(30)28-18-4-5-20-6-12-23(33-2)13-7-20/h6-17H,3-5,18-19H2,1-2H3,(H,28,30). The highest BCUT2D eigenvalue weighted by atomic mass is 32.2. The molecule has 0 fully saturated rings. The van der Waals surface area contributed by atoms with Gasteiger partial charge < -0.3 is 14.8 Å². The van der Waals surface area contributed by atoms with E-state index in [-0.39, 0.29) is 4.90 Å². The molecule has 7 nitrogen and oxygen atoms in total. The molecule has 0 atom stereocenters. The first-order valence-corrected chi connectivity index (χ1v) is 12.7. The van der Waals surface area contributed by atoms with Gasteiger partial charge in [0.2, 0.25) is 5.91 Å². The van der Waals surface area contributed by atoms with Gasteiger partial charge in [-0.3, -0.25) is 9.10 Å². The number of hydrogen-bond acceptors (Lipinski definition) is 5. The van der Waals surface area contributed by atoms with Crippen LogP contribution in [0.4, 0.5) is 10.1 Å². The number of halogens is 1. The van der Waals surface area contributed by atoms with Crippen molar-refractivity contribution in [2.24, 2.45) is 0 Å². The number of benzene rings is 3. The molecule has 0 radical (unpaired) electrons. The van der Waals surface area contributed by atoms with Crippen LogP contribution in [0.1, 0.15) is 18.9 Å². The van der Waals surface area contributed by atoms with E-state index in [1.54, 1.807) is 31.4 Å². The lowest BCUT2D eigenvalue weighted by atomic mass is 10.1. The number of aryl methyl sites for hydroxylation is 1. The van der Waals surface area contributed by atoms with Gasteiger partial charge in [-0.1, -0.05) is 12.1 Å². The van der Waals surface area contributed by atoms with Crippen LogP contribution in [-0.2, 0) is 21.2 Å². The smallest absolute Gasteiger partial charge is 0.264 e. The maximum absolute atomic E-state index is 13.4. The minimum Gasteiger partial charge on any atom is -0.497 e. The highest BCUT2D eigenvalue weighted by Crippen LogP contribution is 2.26. The molecule has 35 heavy (non-hydrogen) atoms. The van der Waals surface area contributed by atoms with Gasteiger partial charge in [-0.2, -0.15) is 0 Å². The van der Waals surface area contributed by atoms with E-state index in [0.717, 1.165) is 34.2 Å². The Morgan fingerprint density at radius 2 is 1.57 bits per heavy atom. The van der Waals surface area contributed by atoms with Gasteiger partial charge >= 0.3 is 0 Å². The average molecular weight is 501 g/mol. The van der Waals surface area contributed by atoms with Gasteiger partial charge in [0.15, 0.2) is 0 Å². The molecule has 0 aromatic heterocycles. The third-order valence-corrected chi connectivity index (χ3v) is 7.04. The van der Waals surface area contributed by atoms with Crippen molar-refractivity contribution in [3.63, 3.8) is 0 Å². The molecule has 0 heterocycles. The Bertz CT molecular complexity index is 1200. The van der Waals surface area contributed by atoms with E-state index in [2.05, 4.69) is 5.32 Å². The number of carbonyl (C=O) groups excluding carboxylic acids is 1. The SMILES string of the molecule is CCOc1ccc(N(CC(=O)NCCCc2ccc(OC)cc2)S(=O)(=O)c2ccc(F)cc2)cc1. The maximum Gasteiger partial charge on any atom is 0.264 e. The summed E-state index contributed by atoms with van der Waals surface area (Å²) >= 11 is 0. The minimum absolute atomic E-state index is 0.111. The second kappa shape index (κ2) is 12.2. The largest absolute Gasteiger partial charge is 0.497 e. The highest BCUT2D eigenvalue weighted by Gasteiger charge is 2.27. The normalized spacial score (nSPS) is 11.1. The predicted molar refractivity (Wildman–Crippen MR) is 133 cm³/mol. The van der Waals surface area contributed by atoms with Crippen molar-refractivity contribution in [2.45, 2.75) is 24.7 Å². The Labute approximate surface area is 205 Å². The summed E-state index contributed by atoms with van der Waals surface area (Å²) in [6, 6.07) is 18.6. The van der Waals surface area contributed by atoms with Crippen molar-refractivity contribution >= 4 is 21.6 Å². The quantitative estimate of drug-likeness (QED) is 0.377. The molecule has 3 aromatic carbocycles. The van der Waals surface area contributed by atoms with Crippen molar-refractivity contribution in [2.75, 3.05) is 31.1 Å². The lowest BCUT2D eigenvalue weighted by Crippen LogP contribution is -2.41. The zero-order valence-corrected chi connectivity index (χ0v) is 20.6. The van der Waals surface area contributed by atoms with Gasteiger partial charge in [-0.05, 0) is 86.0 Å². The number of sulfonamides is 1. The van der Waals surface area contributed by atoms with Crippen molar-refractivity contribution in [1.82, 2.24) is 5.32 Å². The third-order valence-electron chi connectivity index (χ3n) is 5.25. The monoisotopic (exact) mass is 500 g/mol. The second-order valence-electron chi connectivity index (χ2n) is 7.69. The van der Waals surface area contributed by atoms with Crippen molar-refractivity contribution in [3.05, 3.63) is 84.2 Å². The molecule has 0 aliphatic heterocycles. The van der Waals surface area contributed by atoms with Crippen LogP contribution in [0.3, 0.4) is 0 Å². The Morgan fingerprint density at radius 1 is 0.943 bits per heavy atom. The average Bonchev–Trinajstić information content (AvgIpc) is 2.86. The molecule has 1 N–H and O–H groups in total. The molecule has 0 aliphatic carbocycles. The molecule has 186 valence electrons. The number of nitrogens with zero attached hydrogens (tertiary/aromatic N) is 1. The van der Waals surface area contributed by atoms with Gasteiger partial charge in [0.05, 0.1) is 24.3 Å². The summed E-state index contributed by atoms with van der Waals surface area (Å²) in [7, 11) is -2.51. The number of nitrogens with one attached hydrogen (secondary N) is 1. The van der Waals surface area contributed by atoms with Gasteiger partial charge in [0.25, 0.3) is 10.0 Å². The first-order valence-electron chi connectivity index (χ1n) is 11.2. The summed E-state index contributed by atoms with van der Waals surface area (Å²) in [5, 5.41) is 2.79. The lowest BCUT2D eigenvalue weighted by molar-refractivity contribution is -0.119. The predicted octanol–water partition coefficient (Wildman–Crippen LogP) is 4.18. The van der Waals surface area contributed by atoms with Crippen molar-refractivity contribution < 1.29 is 27.1 Å². The molecule has 0 bridgehead atoms. The molecular formula is C26H29FN2O5S. The number of anilines is 1. The first-order chi connectivity index (χ1) is 16.8. The number of methoxy groups -OCH3 is 1. The van der Waals surface area contributed by atoms with Crippen LogP contribution in [0.2, 0.25) is 0 Å². The Kier molecular flexibility index (Phi) is 9.08. The Morgan fingerprint density at radius 3 is 2.17 bits per heavy atom. The summed E-state index contributed by atoms with van der Waals surface area (Å²) in [6.45, 7) is 2.28. The maximum atomic E-state index is 13.4. The summed E-state index contributed by atoms with van der Waals surface area (Å²) < 4.78 is 51.6. The van der Waals surface area contributed by atoms with Crippen molar-refractivity contribution in [1.29, 1.82) is 0 Å². The van der Waals surface area contributed by atoms with E-state index in [9.17, 15) is 17.6 Å². The molecule has 0 saturated heterocycles. The zero-order valence-electron chi connectivity index (χ0n) is 19.7. The van der Waals surface area contributed by atoms with Crippen LogP contribution in [0.25, 0.3) is 0 Å². The minimum atomic E-state index is -4.12. The van der Waals surface area contributed by atoms with Gasteiger partial charge in [0, 0.05) is 6.54 Å². The van der Waals surface area contributed by atoms with Crippen LogP contribution in [-0.4, -0.2) is 41.1 Å². The fourth-order valence-corrected chi connectivity index (χ4v) is 4.84. The second-order valence-corrected chi connectivity index (χ2v) is 9.56. The third kappa shape index (κ3) is 7.19. The van der Waals surface area contributed by atoms with Gasteiger partial charge in [-0.15, -0.1) is 0 Å². The highest BCUT2D eigenvalue weighted by molar-refractivity contribution is 7.92. The van der Waals surface area contributed by atoms with Crippen LogP contribution < -0.4 is 19.1 Å².